The molecule has 0 atom stereocenters. The molecule has 0 aliphatic heterocycles. The van der Waals surface area contributed by atoms with Gasteiger partial charge in [0.15, 0.2) is 0 Å². The van der Waals surface area contributed by atoms with E-state index in [0.717, 1.165) is 12.8 Å². The van der Waals surface area contributed by atoms with Crippen LogP contribution in [-0.2, 0) is 4.79 Å². The number of hydrogen-bond donors (Lipinski definition) is 2. The van der Waals surface area contributed by atoms with Crippen LogP contribution in [0.25, 0.3) is 0 Å². The number of hydrogen-bond acceptors (Lipinski definition) is 2. The molecule has 2 rings (SSSR count). The summed E-state index contributed by atoms with van der Waals surface area (Å²) in [4.78, 5) is 11.5. The topological polar surface area (TPSA) is 41.1 Å². The van der Waals surface area contributed by atoms with Gasteiger partial charge in [-0.05, 0) is 40.9 Å². The van der Waals surface area contributed by atoms with E-state index in [1.165, 1.54) is 6.07 Å². The van der Waals surface area contributed by atoms with Crippen LogP contribution in [0.2, 0.25) is 0 Å². The molecule has 0 radical (unpaired) electrons. The summed E-state index contributed by atoms with van der Waals surface area (Å²) in [5, 5.41) is 5.60. The SMILES string of the molecule is O=C(CNC1CC1)Nc1c(F)cccc1Br. The lowest BCUT2D eigenvalue weighted by molar-refractivity contribution is -0.115. The molecule has 0 unspecified atom stereocenters. The second kappa shape index (κ2) is 4.93. The van der Waals surface area contributed by atoms with Crippen molar-refractivity contribution in [1.29, 1.82) is 0 Å². The van der Waals surface area contributed by atoms with Crippen molar-refractivity contribution in [3.63, 3.8) is 0 Å². The van der Waals surface area contributed by atoms with E-state index in [0.29, 0.717) is 10.5 Å². The van der Waals surface area contributed by atoms with Crippen LogP contribution < -0.4 is 10.6 Å². The molecule has 5 heteroatoms. The first-order valence-corrected chi connectivity index (χ1v) is 5.93. The quantitative estimate of drug-likeness (QED) is 0.892. The van der Waals surface area contributed by atoms with E-state index in [4.69, 9.17) is 0 Å². The Labute approximate surface area is 102 Å². The molecule has 1 fully saturated rings. The Balaban J connectivity index is 1.93. The predicted molar refractivity (Wildman–Crippen MR) is 63.8 cm³/mol. The first kappa shape index (κ1) is 11.5. The summed E-state index contributed by atoms with van der Waals surface area (Å²) in [7, 11) is 0. The monoisotopic (exact) mass is 286 g/mol. The van der Waals surface area contributed by atoms with E-state index in [2.05, 4.69) is 26.6 Å². The number of carbonyl (C=O) groups is 1. The summed E-state index contributed by atoms with van der Waals surface area (Å²) in [5.41, 5.74) is 0.199. The van der Waals surface area contributed by atoms with Gasteiger partial charge in [0.05, 0.1) is 12.2 Å². The number of halogens is 2. The second-order valence-electron chi connectivity index (χ2n) is 3.80. The van der Waals surface area contributed by atoms with Gasteiger partial charge >= 0.3 is 0 Å². The molecule has 1 aromatic rings. The molecule has 16 heavy (non-hydrogen) atoms. The molecule has 2 N–H and O–H groups in total. The summed E-state index contributed by atoms with van der Waals surface area (Å²) in [5.74, 6) is -0.660. The van der Waals surface area contributed by atoms with Gasteiger partial charge in [-0.15, -0.1) is 0 Å². The highest BCUT2D eigenvalue weighted by Crippen LogP contribution is 2.25. The fourth-order valence-electron chi connectivity index (χ4n) is 1.33. The van der Waals surface area contributed by atoms with Gasteiger partial charge in [-0.3, -0.25) is 4.79 Å². The number of nitrogens with one attached hydrogen (secondary N) is 2. The van der Waals surface area contributed by atoms with E-state index in [-0.39, 0.29) is 18.1 Å². The van der Waals surface area contributed by atoms with Gasteiger partial charge in [-0.1, -0.05) is 6.07 Å². The van der Waals surface area contributed by atoms with Gasteiger partial charge in [0.2, 0.25) is 5.91 Å². The summed E-state index contributed by atoms with van der Waals surface area (Å²) in [6, 6.07) is 5.05. The average molecular weight is 287 g/mol. The Morgan fingerprint density at radius 1 is 1.50 bits per heavy atom. The number of rotatable bonds is 4. The van der Waals surface area contributed by atoms with Crippen LogP contribution in [0.1, 0.15) is 12.8 Å². The molecule has 1 aromatic carbocycles. The molecule has 0 spiro atoms. The Bertz CT molecular complexity index is 387. The second-order valence-corrected chi connectivity index (χ2v) is 4.65. The summed E-state index contributed by atoms with van der Waals surface area (Å²) >= 11 is 3.19. The smallest absolute Gasteiger partial charge is 0.238 e. The third-order valence-corrected chi connectivity index (χ3v) is 3.02. The van der Waals surface area contributed by atoms with E-state index in [9.17, 15) is 9.18 Å². The Morgan fingerprint density at radius 2 is 2.25 bits per heavy atom. The van der Waals surface area contributed by atoms with Crippen LogP contribution in [-0.4, -0.2) is 18.5 Å². The average Bonchev–Trinajstić information content (AvgIpc) is 3.04. The zero-order valence-corrected chi connectivity index (χ0v) is 10.2. The summed E-state index contributed by atoms with van der Waals surface area (Å²) in [6.45, 7) is 0.228. The van der Waals surface area contributed by atoms with Crippen molar-refractivity contribution in [1.82, 2.24) is 5.32 Å². The van der Waals surface area contributed by atoms with Crippen LogP contribution in [0, 0.1) is 5.82 Å². The fraction of sp³-hybridized carbons (Fsp3) is 0.364. The molecule has 0 heterocycles. The Hall–Kier alpha value is -0.940. The first-order chi connectivity index (χ1) is 7.66. The first-order valence-electron chi connectivity index (χ1n) is 5.14. The zero-order valence-electron chi connectivity index (χ0n) is 8.59. The molecular weight excluding hydrogens is 275 g/mol. The standard InChI is InChI=1S/C11H12BrFN2O/c12-8-2-1-3-9(13)11(8)15-10(16)6-14-7-4-5-7/h1-3,7,14H,4-6H2,(H,15,16). The van der Waals surface area contributed by atoms with Crippen molar-refractivity contribution >= 4 is 27.5 Å². The molecule has 0 aromatic heterocycles. The molecule has 1 aliphatic rings. The Kier molecular flexibility index (Phi) is 3.56. The fourth-order valence-corrected chi connectivity index (χ4v) is 1.77. The van der Waals surface area contributed by atoms with E-state index in [1.54, 1.807) is 12.1 Å². The summed E-state index contributed by atoms with van der Waals surface area (Å²) < 4.78 is 13.9. The lowest BCUT2D eigenvalue weighted by Gasteiger charge is -2.08. The molecule has 1 amide bonds. The highest BCUT2D eigenvalue weighted by molar-refractivity contribution is 9.10. The van der Waals surface area contributed by atoms with Crippen LogP contribution in [0.4, 0.5) is 10.1 Å². The number of anilines is 1. The van der Waals surface area contributed by atoms with Crippen molar-refractivity contribution < 1.29 is 9.18 Å². The van der Waals surface area contributed by atoms with Gasteiger partial charge in [0.1, 0.15) is 5.82 Å². The largest absolute Gasteiger partial charge is 0.322 e. The molecule has 3 nitrogen and oxygen atoms in total. The van der Waals surface area contributed by atoms with Crippen molar-refractivity contribution in [2.75, 3.05) is 11.9 Å². The minimum absolute atomic E-state index is 0.199. The zero-order chi connectivity index (χ0) is 11.5. The van der Waals surface area contributed by atoms with Crippen molar-refractivity contribution in [3.8, 4) is 0 Å². The van der Waals surface area contributed by atoms with Gasteiger partial charge in [0.25, 0.3) is 0 Å². The normalized spacial score (nSPS) is 14.9. The van der Waals surface area contributed by atoms with E-state index < -0.39 is 5.82 Å². The maximum atomic E-state index is 13.4. The van der Waals surface area contributed by atoms with Crippen molar-refractivity contribution in [2.24, 2.45) is 0 Å². The summed E-state index contributed by atoms with van der Waals surface area (Å²) in [6.07, 6.45) is 2.24. The highest BCUT2D eigenvalue weighted by atomic mass is 79.9. The Morgan fingerprint density at radius 3 is 2.88 bits per heavy atom. The molecule has 0 saturated heterocycles. The molecular formula is C11H12BrFN2O. The van der Waals surface area contributed by atoms with Crippen molar-refractivity contribution in [3.05, 3.63) is 28.5 Å². The van der Waals surface area contributed by atoms with Gasteiger partial charge in [0, 0.05) is 10.5 Å². The van der Waals surface area contributed by atoms with E-state index in [1.807, 2.05) is 0 Å². The number of para-hydroxylation sites is 1. The van der Waals surface area contributed by atoms with E-state index >= 15 is 0 Å². The van der Waals surface area contributed by atoms with Crippen LogP contribution in [0.15, 0.2) is 22.7 Å². The minimum Gasteiger partial charge on any atom is -0.322 e. The maximum absolute atomic E-state index is 13.4. The maximum Gasteiger partial charge on any atom is 0.238 e. The lowest BCUT2D eigenvalue weighted by Crippen LogP contribution is -2.29. The number of benzene rings is 1. The van der Waals surface area contributed by atoms with Crippen LogP contribution in [0.5, 0.6) is 0 Å². The molecule has 1 saturated carbocycles. The predicted octanol–water partition coefficient (Wildman–Crippen LogP) is 2.28. The molecule has 1 aliphatic carbocycles. The van der Waals surface area contributed by atoms with Crippen LogP contribution in [0.3, 0.4) is 0 Å². The third kappa shape index (κ3) is 3.02. The lowest BCUT2D eigenvalue weighted by atomic mass is 10.3. The number of carbonyl (C=O) groups excluding carboxylic acids is 1. The minimum atomic E-state index is -0.436. The highest BCUT2D eigenvalue weighted by Gasteiger charge is 2.21. The van der Waals surface area contributed by atoms with Gasteiger partial charge in [-0.25, -0.2) is 4.39 Å². The molecule has 86 valence electrons. The van der Waals surface area contributed by atoms with Gasteiger partial charge < -0.3 is 10.6 Å². The number of amides is 1. The third-order valence-electron chi connectivity index (χ3n) is 2.36. The molecule has 0 bridgehead atoms. The van der Waals surface area contributed by atoms with Crippen molar-refractivity contribution in [2.45, 2.75) is 18.9 Å². The van der Waals surface area contributed by atoms with Gasteiger partial charge in [-0.2, -0.15) is 0 Å². The van der Waals surface area contributed by atoms with Crippen LogP contribution >= 0.6 is 15.9 Å².